The molecule has 58 heavy (non-hydrogen) atoms. The summed E-state index contributed by atoms with van der Waals surface area (Å²) in [5.74, 6) is -0.478. The van der Waals surface area contributed by atoms with Crippen LogP contribution in [0.15, 0.2) is 24.3 Å². The summed E-state index contributed by atoms with van der Waals surface area (Å²) in [4.78, 5) is 26.0. The van der Waals surface area contributed by atoms with E-state index in [2.05, 4.69) is 50.4 Å². The van der Waals surface area contributed by atoms with Crippen LogP contribution >= 0.6 is 0 Å². The van der Waals surface area contributed by atoms with Gasteiger partial charge in [0.2, 0.25) is 5.91 Å². The zero-order chi connectivity index (χ0) is 42.4. The number of ether oxygens (including phenoxy) is 1. The van der Waals surface area contributed by atoms with Gasteiger partial charge in [0.1, 0.15) is 6.10 Å². The Morgan fingerprint density at radius 3 is 1.40 bits per heavy atom. The Labute approximate surface area is 361 Å². The number of aliphatic hydroxyl groups excluding tert-OH is 2. The normalized spacial score (nSPS) is 13.4. The predicted octanol–water partition coefficient (Wildman–Crippen LogP) is 15.1. The Balaban J connectivity index is 4.45. The maximum atomic E-state index is 13.2. The molecule has 1 amide bonds. The number of unbranched alkanes of at least 4 members (excludes halogenated alkanes) is 30. The van der Waals surface area contributed by atoms with Crippen molar-refractivity contribution >= 4 is 11.9 Å². The van der Waals surface area contributed by atoms with Crippen LogP contribution in [-0.4, -0.2) is 46.9 Å². The molecule has 0 saturated heterocycles. The van der Waals surface area contributed by atoms with Crippen molar-refractivity contribution < 1.29 is 24.5 Å². The van der Waals surface area contributed by atoms with Crippen molar-refractivity contribution in [3.05, 3.63) is 24.3 Å². The topological polar surface area (TPSA) is 95.9 Å². The number of hydrogen-bond acceptors (Lipinski definition) is 5. The monoisotopic (exact) mass is 818 g/mol. The van der Waals surface area contributed by atoms with Crippen LogP contribution in [0.25, 0.3) is 0 Å². The van der Waals surface area contributed by atoms with Crippen LogP contribution in [-0.2, 0) is 14.3 Å². The SMILES string of the molecule is CC/C=C/C/C=C/CCCCCCCC(CC(=O)NC(CO)C(O)CCCCCCCCCCCCCCCCCCC)OC(=O)CCCCCCCCCCCC. The summed E-state index contributed by atoms with van der Waals surface area (Å²) < 4.78 is 5.91. The maximum absolute atomic E-state index is 13.2. The third-order valence-electron chi connectivity index (χ3n) is 11.8. The molecule has 0 heterocycles. The van der Waals surface area contributed by atoms with Crippen LogP contribution in [0, 0.1) is 0 Å². The summed E-state index contributed by atoms with van der Waals surface area (Å²) in [5, 5.41) is 23.8. The third-order valence-corrected chi connectivity index (χ3v) is 11.8. The molecule has 0 aromatic carbocycles. The summed E-state index contributed by atoms with van der Waals surface area (Å²) in [6.45, 7) is 6.38. The second-order valence-corrected chi connectivity index (χ2v) is 17.5. The molecule has 342 valence electrons. The van der Waals surface area contributed by atoms with E-state index < -0.39 is 18.2 Å². The van der Waals surface area contributed by atoms with Gasteiger partial charge < -0.3 is 20.3 Å². The number of esters is 1. The molecule has 0 aliphatic carbocycles. The molecular formula is C52H99NO5. The lowest BCUT2D eigenvalue weighted by molar-refractivity contribution is -0.151. The van der Waals surface area contributed by atoms with E-state index in [0.717, 1.165) is 70.6 Å². The van der Waals surface area contributed by atoms with E-state index in [1.807, 2.05) is 0 Å². The van der Waals surface area contributed by atoms with E-state index in [-0.39, 0.29) is 24.9 Å². The highest BCUT2D eigenvalue weighted by Gasteiger charge is 2.24. The number of carbonyl (C=O) groups excluding carboxylic acids is 2. The van der Waals surface area contributed by atoms with E-state index in [0.29, 0.717) is 19.3 Å². The molecule has 3 atom stereocenters. The van der Waals surface area contributed by atoms with E-state index in [1.54, 1.807) is 0 Å². The fraction of sp³-hybridized carbons (Fsp3) is 0.885. The minimum Gasteiger partial charge on any atom is -0.462 e. The summed E-state index contributed by atoms with van der Waals surface area (Å²) >= 11 is 0. The van der Waals surface area contributed by atoms with Crippen molar-refractivity contribution in [1.82, 2.24) is 5.32 Å². The highest BCUT2D eigenvalue weighted by molar-refractivity contribution is 5.77. The van der Waals surface area contributed by atoms with Gasteiger partial charge in [-0.2, -0.15) is 0 Å². The van der Waals surface area contributed by atoms with Crippen LogP contribution < -0.4 is 5.32 Å². The van der Waals surface area contributed by atoms with Gasteiger partial charge in [0.15, 0.2) is 0 Å². The Hall–Kier alpha value is -1.66. The lowest BCUT2D eigenvalue weighted by Gasteiger charge is -2.24. The largest absolute Gasteiger partial charge is 0.462 e. The quantitative estimate of drug-likeness (QED) is 0.0323. The lowest BCUT2D eigenvalue weighted by atomic mass is 10.0. The number of nitrogens with one attached hydrogen (secondary N) is 1. The van der Waals surface area contributed by atoms with Gasteiger partial charge in [-0.1, -0.05) is 231 Å². The maximum Gasteiger partial charge on any atom is 0.306 e. The lowest BCUT2D eigenvalue weighted by Crippen LogP contribution is -2.46. The summed E-state index contributed by atoms with van der Waals surface area (Å²) in [5.41, 5.74) is 0. The first-order valence-corrected chi connectivity index (χ1v) is 25.6. The number of rotatable bonds is 46. The van der Waals surface area contributed by atoms with Crippen molar-refractivity contribution in [2.45, 2.75) is 289 Å². The molecular weight excluding hydrogens is 719 g/mol. The number of allylic oxidation sites excluding steroid dienone is 4. The van der Waals surface area contributed by atoms with Crippen molar-refractivity contribution in [2.24, 2.45) is 0 Å². The van der Waals surface area contributed by atoms with Gasteiger partial charge in [-0.25, -0.2) is 0 Å². The predicted molar refractivity (Wildman–Crippen MR) is 250 cm³/mol. The van der Waals surface area contributed by atoms with E-state index in [4.69, 9.17) is 4.74 Å². The number of carbonyl (C=O) groups is 2. The van der Waals surface area contributed by atoms with Gasteiger partial charge >= 0.3 is 5.97 Å². The molecule has 0 fully saturated rings. The Morgan fingerprint density at radius 1 is 0.517 bits per heavy atom. The molecule has 0 spiro atoms. The first-order chi connectivity index (χ1) is 28.5. The molecule has 0 aliphatic heterocycles. The molecule has 6 nitrogen and oxygen atoms in total. The first kappa shape index (κ1) is 56.3. The molecule has 0 aromatic rings. The average Bonchev–Trinajstić information content (AvgIpc) is 3.22. The minimum absolute atomic E-state index is 0.0728. The van der Waals surface area contributed by atoms with E-state index >= 15 is 0 Å². The molecule has 0 aromatic heterocycles. The van der Waals surface area contributed by atoms with Gasteiger partial charge in [0.05, 0.1) is 25.2 Å². The standard InChI is InChI=1S/C52H99NO5/c1-4-7-10-13-16-19-22-24-25-26-27-28-30-32-35-38-41-44-50(55)49(47-54)53-51(56)46-48(43-40-37-34-31-29-23-20-17-14-11-8-5-2)58-52(57)45-42-39-36-33-21-18-15-12-9-6-3/h8,11,17,20,48-50,54-55H,4-7,9-10,12-16,18-19,21-47H2,1-3H3,(H,53,56)/b11-8+,20-17+. The fourth-order valence-corrected chi connectivity index (χ4v) is 7.94. The molecule has 0 bridgehead atoms. The summed E-state index contributed by atoms with van der Waals surface area (Å²) in [6.07, 6.45) is 52.4. The summed E-state index contributed by atoms with van der Waals surface area (Å²) in [6, 6.07) is -0.701. The molecule has 0 saturated carbocycles. The Morgan fingerprint density at radius 2 is 0.931 bits per heavy atom. The van der Waals surface area contributed by atoms with Gasteiger partial charge in [-0.15, -0.1) is 0 Å². The Bertz CT molecular complexity index is 919. The van der Waals surface area contributed by atoms with Crippen LogP contribution in [0.5, 0.6) is 0 Å². The van der Waals surface area contributed by atoms with E-state index in [9.17, 15) is 19.8 Å². The molecule has 6 heteroatoms. The van der Waals surface area contributed by atoms with Crippen molar-refractivity contribution in [1.29, 1.82) is 0 Å². The number of amides is 1. The van der Waals surface area contributed by atoms with Crippen LogP contribution in [0.4, 0.5) is 0 Å². The van der Waals surface area contributed by atoms with Crippen LogP contribution in [0.2, 0.25) is 0 Å². The average molecular weight is 818 g/mol. The first-order valence-electron chi connectivity index (χ1n) is 25.6. The minimum atomic E-state index is -0.787. The second kappa shape index (κ2) is 46.4. The molecule has 0 radical (unpaired) electrons. The smallest absolute Gasteiger partial charge is 0.306 e. The highest BCUT2D eigenvalue weighted by atomic mass is 16.5. The van der Waals surface area contributed by atoms with Crippen molar-refractivity contribution in [2.75, 3.05) is 6.61 Å². The molecule has 0 rings (SSSR count). The highest BCUT2D eigenvalue weighted by Crippen LogP contribution is 2.18. The van der Waals surface area contributed by atoms with Gasteiger partial charge in [0.25, 0.3) is 0 Å². The third kappa shape index (κ3) is 41.1. The van der Waals surface area contributed by atoms with Gasteiger partial charge in [-0.05, 0) is 51.4 Å². The zero-order valence-electron chi connectivity index (χ0n) is 38.9. The van der Waals surface area contributed by atoms with Crippen LogP contribution in [0.3, 0.4) is 0 Å². The molecule has 0 aliphatic rings. The second-order valence-electron chi connectivity index (χ2n) is 17.5. The molecule has 3 unspecified atom stereocenters. The number of hydrogen-bond donors (Lipinski definition) is 3. The van der Waals surface area contributed by atoms with Crippen molar-refractivity contribution in [3.8, 4) is 0 Å². The van der Waals surface area contributed by atoms with E-state index in [1.165, 1.54) is 154 Å². The van der Waals surface area contributed by atoms with Gasteiger partial charge in [0, 0.05) is 6.42 Å². The van der Waals surface area contributed by atoms with Crippen LogP contribution in [0.1, 0.15) is 271 Å². The van der Waals surface area contributed by atoms with Crippen molar-refractivity contribution in [3.63, 3.8) is 0 Å². The summed E-state index contributed by atoms with van der Waals surface area (Å²) in [7, 11) is 0. The molecule has 3 N–H and O–H groups in total. The zero-order valence-corrected chi connectivity index (χ0v) is 38.9. The Kier molecular flexibility index (Phi) is 45.1. The fourth-order valence-electron chi connectivity index (χ4n) is 7.94. The van der Waals surface area contributed by atoms with Gasteiger partial charge in [-0.3, -0.25) is 9.59 Å². The number of aliphatic hydroxyl groups is 2.